The molecule has 1 N–H and O–H groups in total. The number of imide groups is 1. The van der Waals surface area contributed by atoms with Crippen LogP contribution in [0.4, 0.5) is 5.69 Å². The van der Waals surface area contributed by atoms with E-state index in [2.05, 4.69) is 26.2 Å². The number of amides is 4. The van der Waals surface area contributed by atoms with Crippen molar-refractivity contribution in [2.45, 2.75) is 66.3 Å². The van der Waals surface area contributed by atoms with Crippen molar-refractivity contribution in [3.63, 3.8) is 0 Å². The van der Waals surface area contributed by atoms with E-state index in [1.165, 1.54) is 0 Å². The summed E-state index contributed by atoms with van der Waals surface area (Å²) < 4.78 is 0. The fourth-order valence-corrected chi connectivity index (χ4v) is 4.03. The zero-order chi connectivity index (χ0) is 25.4. The molecule has 0 bridgehead atoms. The minimum atomic E-state index is -1.11. The quantitative estimate of drug-likeness (QED) is 0.547. The summed E-state index contributed by atoms with van der Waals surface area (Å²) in [6.45, 7) is 13.4. The zero-order valence-corrected chi connectivity index (χ0v) is 20.9. The summed E-state index contributed by atoms with van der Waals surface area (Å²) in [5.41, 5.74) is 6.27. The highest BCUT2D eigenvalue weighted by Gasteiger charge is 2.45. The molecule has 1 atom stereocenters. The molecular weight excluding hydrogens is 430 g/mol. The number of rotatable bonds is 4. The molecule has 1 aliphatic rings. The molecule has 0 saturated carbocycles. The average Bonchev–Trinajstić information content (AvgIpc) is 3.03. The van der Waals surface area contributed by atoms with Crippen LogP contribution >= 0.6 is 0 Å². The third-order valence-corrected chi connectivity index (χ3v) is 5.87. The van der Waals surface area contributed by atoms with Crippen molar-refractivity contribution in [1.29, 1.82) is 0 Å². The molecule has 1 saturated heterocycles. The number of hydrazine groups is 1. The lowest BCUT2D eigenvalue weighted by atomic mass is 9.87. The van der Waals surface area contributed by atoms with Crippen LogP contribution in [0.15, 0.2) is 42.5 Å². The molecule has 180 valence electrons. The number of carbonyl (C=O) groups is 4. The van der Waals surface area contributed by atoms with Crippen LogP contribution in [0.1, 0.15) is 68.1 Å². The van der Waals surface area contributed by atoms with Crippen molar-refractivity contribution in [2.24, 2.45) is 5.92 Å². The molecule has 2 aromatic carbocycles. The molecule has 1 heterocycles. The fourth-order valence-electron chi connectivity index (χ4n) is 4.03. The molecular formula is C27H33N3O4. The maximum absolute atomic E-state index is 13.3. The second kappa shape index (κ2) is 9.41. The Balaban J connectivity index is 1.89. The number of anilines is 1. The third kappa shape index (κ3) is 5.19. The first-order valence-corrected chi connectivity index (χ1v) is 11.5. The molecule has 3 rings (SSSR count). The predicted molar refractivity (Wildman–Crippen MR) is 131 cm³/mol. The summed E-state index contributed by atoms with van der Waals surface area (Å²) in [5, 5.41) is 1.04. The Bertz CT molecular complexity index is 1110. The Hall–Kier alpha value is -3.48. The number of hydrogen-bond donors (Lipinski definition) is 1. The summed E-state index contributed by atoms with van der Waals surface area (Å²) in [6, 6.07) is 11.5. The first-order chi connectivity index (χ1) is 15.8. The molecule has 2 aromatic rings. The van der Waals surface area contributed by atoms with Crippen molar-refractivity contribution >= 4 is 29.3 Å². The molecule has 0 aliphatic carbocycles. The Morgan fingerprint density at radius 3 is 2.06 bits per heavy atom. The van der Waals surface area contributed by atoms with E-state index in [0.29, 0.717) is 11.3 Å². The van der Waals surface area contributed by atoms with E-state index in [1.807, 2.05) is 32.0 Å². The zero-order valence-electron chi connectivity index (χ0n) is 20.9. The Morgan fingerprint density at radius 2 is 1.56 bits per heavy atom. The van der Waals surface area contributed by atoms with Crippen molar-refractivity contribution in [3.8, 4) is 0 Å². The minimum Gasteiger partial charge on any atom is -0.274 e. The summed E-state index contributed by atoms with van der Waals surface area (Å²) in [6.07, 6.45) is -0.201. The van der Waals surface area contributed by atoms with Gasteiger partial charge in [-0.05, 0) is 60.2 Å². The van der Waals surface area contributed by atoms with E-state index in [1.54, 1.807) is 38.1 Å². The molecule has 1 unspecified atom stereocenters. The molecule has 7 nitrogen and oxygen atoms in total. The van der Waals surface area contributed by atoms with Gasteiger partial charge < -0.3 is 0 Å². The number of aryl methyl sites for hydroxylation is 2. The van der Waals surface area contributed by atoms with Crippen LogP contribution in [-0.2, 0) is 19.8 Å². The summed E-state index contributed by atoms with van der Waals surface area (Å²) in [4.78, 5) is 53.3. The topological polar surface area (TPSA) is 86.8 Å². The van der Waals surface area contributed by atoms with Crippen molar-refractivity contribution in [3.05, 3.63) is 64.7 Å². The second-order valence-corrected chi connectivity index (χ2v) is 10.3. The van der Waals surface area contributed by atoms with Gasteiger partial charge in [0.15, 0.2) is 0 Å². The van der Waals surface area contributed by atoms with Gasteiger partial charge in [-0.15, -0.1) is 0 Å². The van der Waals surface area contributed by atoms with Crippen molar-refractivity contribution in [2.75, 3.05) is 4.90 Å². The molecule has 0 radical (unpaired) electrons. The maximum atomic E-state index is 13.3. The van der Waals surface area contributed by atoms with Gasteiger partial charge in [0.25, 0.3) is 11.8 Å². The smallest absolute Gasteiger partial charge is 0.269 e. The van der Waals surface area contributed by atoms with Crippen LogP contribution in [0.2, 0.25) is 0 Å². The normalized spacial score (nSPS) is 16.2. The largest absolute Gasteiger partial charge is 0.274 e. The van der Waals surface area contributed by atoms with E-state index >= 15 is 0 Å². The van der Waals surface area contributed by atoms with Crippen LogP contribution in [0.5, 0.6) is 0 Å². The molecule has 0 spiro atoms. The SMILES string of the molecule is Cc1cc(C)cc(N2C(=O)CC(N(NC(=O)c3ccc(C(C)(C)C)cc3)C(=O)C(C)C)C2=O)c1. The van der Waals surface area contributed by atoms with Crippen molar-refractivity contribution in [1.82, 2.24) is 10.4 Å². The Labute approximate surface area is 201 Å². The van der Waals surface area contributed by atoms with E-state index in [0.717, 1.165) is 26.6 Å². The summed E-state index contributed by atoms with van der Waals surface area (Å²) in [5.74, 6) is -2.38. The first-order valence-electron chi connectivity index (χ1n) is 11.5. The maximum Gasteiger partial charge on any atom is 0.269 e. The molecule has 4 amide bonds. The summed E-state index contributed by atoms with van der Waals surface area (Å²) >= 11 is 0. The van der Waals surface area contributed by atoms with Crippen LogP contribution in [0.3, 0.4) is 0 Å². The van der Waals surface area contributed by atoms with E-state index < -0.39 is 35.6 Å². The third-order valence-electron chi connectivity index (χ3n) is 5.87. The lowest BCUT2D eigenvalue weighted by molar-refractivity contribution is -0.143. The fraction of sp³-hybridized carbons (Fsp3) is 0.407. The van der Waals surface area contributed by atoms with E-state index in [4.69, 9.17) is 0 Å². The standard InChI is InChI=1S/C27H33N3O4/c1-16(2)25(33)30(28-24(32)19-8-10-20(11-9-19)27(5,6)7)22-15-23(31)29(26(22)34)21-13-17(3)12-18(4)14-21/h8-14,16,22H,15H2,1-7H3,(H,28,32). The highest BCUT2D eigenvalue weighted by Crippen LogP contribution is 2.28. The van der Waals surface area contributed by atoms with Crippen LogP contribution in [0, 0.1) is 19.8 Å². The van der Waals surface area contributed by atoms with Gasteiger partial charge in [-0.25, -0.2) is 9.91 Å². The number of carbonyl (C=O) groups excluding carboxylic acids is 4. The highest BCUT2D eigenvalue weighted by molar-refractivity contribution is 6.23. The lowest BCUT2D eigenvalue weighted by Gasteiger charge is -2.29. The van der Waals surface area contributed by atoms with Gasteiger partial charge in [0, 0.05) is 11.5 Å². The van der Waals surface area contributed by atoms with Gasteiger partial charge in [0.1, 0.15) is 6.04 Å². The number of nitrogens with zero attached hydrogens (tertiary/aromatic N) is 2. The molecule has 7 heteroatoms. The molecule has 0 aromatic heterocycles. The average molecular weight is 464 g/mol. The number of benzene rings is 2. The van der Waals surface area contributed by atoms with Gasteiger partial charge in [-0.2, -0.15) is 0 Å². The molecule has 1 fully saturated rings. The monoisotopic (exact) mass is 463 g/mol. The Kier molecular flexibility index (Phi) is 6.96. The van der Waals surface area contributed by atoms with Gasteiger partial charge in [0.05, 0.1) is 12.1 Å². The Morgan fingerprint density at radius 1 is 1.00 bits per heavy atom. The summed E-state index contributed by atoms with van der Waals surface area (Å²) in [7, 11) is 0. The number of hydrogen-bond acceptors (Lipinski definition) is 4. The molecule has 1 aliphatic heterocycles. The van der Waals surface area contributed by atoms with Gasteiger partial charge in [-0.3, -0.25) is 24.6 Å². The van der Waals surface area contributed by atoms with Crippen molar-refractivity contribution < 1.29 is 19.2 Å². The molecule has 34 heavy (non-hydrogen) atoms. The second-order valence-electron chi connectivity index (χ2n) is 10.3. The number of nitrogens with one attached hydrogen (secondary N) is 1. The van der Waals surface area contributed by atoms with E-state index in [9.17, 15) is 19.2 Å². The van der Waals surface area contributed by atoms with Crippen LogP contribution in [0.25, 0.3) is 0 Å². The first kappa shape index (κ1) is 25.1. The van der Waals surface area contributed by atoms with Crippen LogP contribution < -0.4 is 10.3 Å². The van der Waals surface area contributed by atoms with Gasteiger partial charge in [-0.1, -0.05) is 52.8 Å². The minimum absolute atomic E-state index is 0.0666. The lowest BCUT2D eigenvalue weighted by Crippen LogP contribution is -2.55. The van der Waals surface area contributed by atoms with E-state index in [-0.39, 0.29) is 11.8 Å². The van der Waals surface area contributed by atoms with Gasteiger partial charge >= 0.3 is 0 Å². The van der Waals surface area contributed by atoms with Gasteiger partial charge in [0.2, 0.25) is 11.8 Å². The predicted octanol–water partition coefficient (Wildman–Crippen LogP) is 4.06. The highest BCUT2D eigenvalue weighted by atomic mass is 16.2. The van der Waals surface area contributed by atoms with Crippen LogP contribution in [-0.4, -0.2) is 34.7 Å².